The maximum atomic E-state index is 12.6. The summed E-state index contributed by atoms with van der Waals surface area (Å²) in [5.41, 5.74) is 5.63. The average Bonchev–Trinajstić information content (AvgIpc) is 2.97. The monoisotopic (exact) mass is 368 g/mol. The number of ether oxygens (including phenoxy) is 2. The lowest BCUT2D eigenvalue weighted by Crippen LogP contribution is -2.31. The summed E-state index contributed by atoms with van der Waals surface area (Å²) in [6.07, 6.45) is 1.62. The van der Waals surface area contributed by atoms with E-state index < -0.39 is 9.84 Å². The highest BCUT2D eigenvalue weighted by Crippen LogP contribution is 2.32. The highest BCUT2D eigenvalue weighted by molar-refractivity contribution is 7.91. The van der Waals surface area contributed by atoms with Gasteiger partial charge in [-0.3, -0.25) is 4.79 Å². The summed E-state index contributed by atoms with van der Waals surface area (Å²) >= 11 is 0. The Morgan fingerprint density at radius 1 is 1.24 bits per heavy atom. The van der Waals surface area contributed by atoms with Crippen LogP contribution in [0.3, 0.4) is 0 Å². The van der Waals surface area contributed by atoms with Crippen molar-refractivity contribution >= 4 is 15.7 Å². The smallest absolute Gasteiger partial charge is 0.223 e. The molecule has 0 aliphatic carbocycles. The number of nitrogens with two attached hydrogens (primary N) is 1. The molecule has 1 amide bonds. The Labute approximate surface area is 148 Å². The fraction of sp³-hybridized carbons (Fsp3) is 0.588. The van der Waals surface area contributed by atoms with Crippen LogP contribution >= 0.6 is 0 Å². The predicted molar refractivity (Wildman–Crippen MR) is 92.5 cm³/mol. The van der Waals surface area contributed by atoms with Gasteiger partial charge < -0.3 is 20.1 Å². The Kier molecular flexibility index (Phi) is 5.48. The molecular formula is C17H24N2O5S. The molecule has 1 saturated heterocycles. The molecule has 25 heavy (non-hydrogen) atoms. The molecule has 1 fully saturated rings. The third kappa shape index (κ3) is 4.24. The summed E-state index contributed by atoms with van der Waals surface area (Å²) in [4.78, 5) is 14.1. The maximum absolute atomic E-state index is 12.6. The third-order valence-corrected chi connectivity index (χ3v) is 6.35. The Morgan fingerprint density at radius 2 is 2.00 bits per heavy atom. The standard InChI is InChI=1S/C17H24N2O5S/c18-11-13-4-6-19(12-13)17(20)5-9-25(21,22)14-2-3-15-16(10-14)24-8-1-7-23-15/h2-3,10,13H,1,4-9,11-12,18H2. The molecule has 1 aromatic carbocycles. The molecular weight excluding hydrogens is 344 g/mol. The Bertz CT molecular complexity index is 735. The topological polar surface area (TPSA) is 98.9 Å². The molecule has 2 aliphatic rings. The van der Waals surface area contributed by atoms with Crippen LogP contribution in [-0.2, 0) is 14.6 Å². The molecule has 8 heteroatoms. The Morgan fingerprint density at radius 3 is 2.72 bits per heavy atom. The van der Waals surface area contributed by atoms with Crippen LogP contribution < -0.4 is 15.2 Å². The van der Waals surface area contributed by atoms with Crippen LogP contribution in [0.4, 0.5) is 0 Å². The molecule has 3 rings (SSSR count). The highest BCUT2D eigenvalue weighted by atomic mass is 32.2. The number of amides is 1. The van der Waals surface area contributed by atoms with E-state index in [1.54, 1.807) is 11.0 Å². The van der Waals surface area contributed by atoms with E-state index in [9.17, 15) is 13.2 Å². The second kappa shape index (κ2) is 7.61. The molecule has 0 saturated carbocycles. The Balaban J connectivity index is 1.64. The number of likely N-dealkylation sites (tertiary alicyclic amines) is 1. The number of carbonyl (C=O) groups excluding carboxylic acids is 1. The third-order valence-electron chi connectivity index (χ3n) is 4.63. The van der Waals surface area contributed by atoms with Crippen molar-refractivity contribution < 1.29 is 22.7 Å². The first-order chi connectivity index (χ1) is 12.0. The number of hydrogen-bond acceptors (Lipinski definition) is 6. The number of hydrogen-bond donors (Lipinski definition) is 1. The van der Waals surface area contributed by atoms with Crippen LogP contribution in [0.5, 0.6) is 11.5 Å². The van der Waals surface area contributed by atoms with E-state index in [0.29, 0.717) is 50.3 Å². The first-order valence-electron chi connectivity index (χ1n) is 8.60. The number of fused-ring (bicyclic) bond motifs is 1. The van der Waals surface area contributed by atoms with E-state index in [2.05, 4.69) is 0 Å². The van der Waals surface area contributed by atoms with Crippen molar-refractivity contribution in [3.8, 4) is 11.5 Å². The molecule has 2 heterocycles. The summed E-state index contributed by atoms with van der Waals surface area (Å²) in [5.74, 6) is 0.971. The summed E-state index contributed by atoms with van der Waals surface area (Å²) < 4.78 is 36.2. The lowest BCUT2D eigenvalue weighted by molar-refractivity contribution is -0.129. The van der Waals surface area contributed by atoms with Crippen molar-refractivity contribution in [1.82, 2.24) is 4.90 Å². The zero-order valence-corrected chi connectivity index (χ0v) is 15.0. The zero-order chi connectivity index (χ0) is 17.9. The summed E-state index contributed by atoms with van der Waals surface area (Å²) in [6, 6.07) is 4.61. The molecule has 1 aromatic rings. The predicted octanol–water partition coefficient (Wildman–Crippen LogP) is 0.819. The van der Waals surface area contributed by atoms with Crippen LogP contribution in [0.1, 0.15) is 19.3 Å². The SMILES string of the molecule is NCC1CCN(C(=O)CCS(=O)(=O)c2ccc3c(c2)OCCCO3)C1. The number of sulfone groups is 1. The summed E-state index contributed by atoms with van der Waals surface area (Å²) in [6.45, 7) is 2.88. The molecule has 2 aliphatic heterocycles. The molecule has 1 unspecified atom stereocenters. The van der Waals surface area contributed by atoms with Crippen LogP contribution in [0.25, 0.3) is 0 Å². The molecule has 0 spiro atoms. The van der Waals surface area contributed by atoms with E-state index in [0.717, 1.165) is 12.8 Å². The summed E-state index contributed by atoms with van der Waals surface area (Å²) in [5, 5.41) is 0. The fourth-order valence-electron chi connectivity index (χ4n) is 3.09. The van der Waals surface area contributed by atoms with Crippen molar-refractivity contribution in [3.63, 3.8) is 0 Å². The highest BCUT2D eigenvalue weighted by Gasteiger charge is 2.27. The van der Waals surface area contributed by atoms with Gasteiger partial charge in [0.1, 0.15) is 0 Å². The van der Waals surface area contributed by atoms with Crippen molar-refractivity contribution in [2.24, 2.45) is 11.7 Å². The van der Waals surface area contributed by atoms with Crippen molar-refractivity contribution in [2.45, 2.75) is 24.2 Å². The second-order valence-corrected chi connectivity index (χ2v) is 8.57. The first-order valence-corrected chi connectivity index (χ1v) is 10.2. The van der Waals surface area contributed by atoms with E-state index in [4.69, 9.17) is 15.2 Å². The quantitative estimate of drug-likeness (QED) is 0.826. The molecule has 0 aromatic heterocycles. The normalized spacial score (nSPS) is 20.4. The molecule has 7 nitrogen and oxygen atoms in total. The molecule has 138 valence electrons. The van der Waals surface area contributed by atoms with E-state index in [1.807, 2.05) is 0 Å². The minimum Gasteiger partial charge on any atom is -0.490 e. The van der Waals surface area contributed by atoms with Crippen LogP contribution in [0.15, 0.2) is 23.1 Å². The van der Waals surface area contributed by atoms with Gasteiger partial charge in [-0.1, -0.05) is 0 Å². The van der Waals surface area contributed by atoms with Gasteiger partial charge in [0.2, 0.25) is 5.91 Å². The summed E-state index contributed by atoms with van der Waals surface area (Å²) in [7, 11) is -3.56. The molecule has 2 N–H and O–H groups in total. The van der Waals surface area contributed by atoms with E-state index >= 15 is 0 Å². The van der Waals surface area contributed by atoms with E-state index in [-0.39, 0.29) is 23.0 Å². The lowest BCUT2D eigenvalue weighted by atomic mass is 10.1. The number of benzene rings is 1. The van der Waals surface area contributed by atoms with Crippen LogP contribution in [0, 0.1) is 5.92 Å². The minimum atomic E-state index is -3.56. The van der Waals surface area contributed by atoms with Crippen molar-refractivity contribution in [2.75, 3.05) is 38.6 Å². The van der Waals surface area contributed by atoms with Crippen molar-refractivity contribution in [1.29, 1.82) is 0 Å². The van der Waals surface area contributed by atoms with Gasteiger partial charge in [0, 0.05) is 32.0 Å². The average molecular weight is 368 g/mol. The van der Waals surface area contributed by atoms with E-state index in [1.165, 1.54) is 12.1 Å². The number of nitrogens with zero attached hydrogens (tertiary/aromatic N) is 1. The van der Waals surface area contributed by atoms with Crippen molar-refractivity contribution in [3.05, 3.63) is 18.2 Å². The largest absolute Gasteiger partial charge is 0.490 e. The first kappa shape index (κ1) is 18.0. The van der Waals surface area contributed by atoms with Gasteiger partial charge in [-0.25, -0.2) is 8.42 Å². The maximum Gasteiger partial charge on any atom is 0.223 e. The zero-order valence-electron chi connectivity index (χ0n) is 14.1. The molecule has 0 radical (unpaired) electrons. The lowest BCUT2D eigenvalue weighted by Gasteiger charge is -2.16. The van der Waals surface area contributed by atoms with Gasteiger partial charge in [0.05, 0.1) is 23.9 Å². The van der Waals surface area contributed by atoms with Crippen LogP contribution in [-0.4, -0.2) is 57.8 Å². The minimum absolute atomic E-state index is 0.0198. The van der Waals surface area contributed by atoms with Crippen LogP contribution in [0.2, 0.25) is 0 Å². The van der Waals surface area contributed by atoms with Gasteiger partial charge in [-0.05, 0) is 31.0 Å². The number of carbonyl (C=O) groups is 1. The molecule has 0 bridgehead atoms. The Hall–Kier alpha value is -1.80. The van der Waals surface area contributed by atoms with Gasteiger partial charge in [-0.2, -0.15) is 0 Å². The van der Waals surface area contributed by atoms with Gasteiger partial charge in [-0.15, -0.1) is 0 Å². The number of rotatable bonds is 5. The molecule has 1 atom stereocenters. The second-order valence-electron chi connectivity index (χ2n) is 6.46. The fourth-order valence-corrected chi connectivity index (χ4v) is 4.33. The van der Waals surface area contributed by atoms with Gasteiger partial charge in [0.15, 0.2) is 21.3 Å². The van der Waals surface area contributed by atoms with Gasteiger partial charge >= 0.3 is 0 Å². The van der Waals surface area contributed by atoms with Gasteiger partial charge in [0.25, 0.3) is 0 Å².